The van der Waals surface area contributed by atoms with Crippen LogP contribution in [0.3, 0.4) is 0 Å². The van der Waals surface area contributed by atoms with Crippen molar-refractivity contribution in [1.29, 1.82) is 0 Å². The fourth-order valence-electron chi connectivity index (χ4n) is 2.26. The molecule has 162 valence electrons. The number of nitrogens with one attached hydrogen (secondary N) is 3. The summed E-state index contributed by atoms with van der Waals surface area (Å²) in [5.74, 6) is -2.01. The summed E-state index contributed by atoms with van der Waals surface area (Å²) in [6.07, 6.45) is 2.58. The van der Waals surface area contributed by atoms with Crippen LogP contribution in [0, 0.1) is 5.92 Å². The summed E-state index contributed by atoms with van der Waals surface area (Å²) in [5.41, 5.74) is 5.80. The standard InChI is InChI=1S/C17H32N4O5S2/c1-9(2)7-11(18)15(23)21-13(8-27)16(24)19-10(3)14(22)20-12(17(25)26)5-6-28-4/h9-13,27H,5-8,18H2,1-4H3,(H,19,24)(H,20,22)(H,21,23)(H,25,26). The van der Waals surface area contributed by atoms with Crippen molar-refractivity contribution in [3.05, 3.63) is 0 Å². The van der Waals surface area contributed by atoms with Gasteiger partial charge in [0.05, 0.1) is 6.04 Å². The second kappa shape index (κ2) is 13.7. The minimum Gasteiger partial charge on any atom is -0.480 e. The summed E-state index contributed by atoms with van der Waals surface area (Å²) in [6.45, 7) is 5.29. The molecule has 0 heterocycles. The summed E-state index contributed by atoms with van der Waals surface area (Å²) >= 11 is 5.53. The number of carbonyl (C=O) groups excluding carboxylic acids is 3. The predicted molar refractivity (Wildman–Crippen MR) is 113 cm³/mol. The highest BCUT2D eigenvalue weighted by Gasteiger charge is 2.27. The maximum Gasteiger partial charge on any atom is 0.326 e. The lowest BCUT2D eigenvalue weighted by atomic mass is 10.0. The van der Waals surface area contributed by atoms with Gasteiger partial charge in [-0.3, -0.25) is 14.4 Å². The highest BCUT2D eigenvalue weighted by Crippen LogP contribution is 2.04. The minimum atomic E-state index is -1.14. The number of amides is 3. The van der Waals surface area contributed by atoms with Crippen LogP contribution in [0.1, 0.15) is 33.6 Å². The van der Waals surface area contributed by atoms with Gasteiger partial charge in [0.2, 0.25) is 17.7 Å². The fourth-order valence-corrected chi connectivity index (χ4v) is 2.99. The molecule has 0 aromatic heterocycles. The summed E-state index contributed by atoms with van der Waals surface area (Å²) < 4.78 is 0. The van der Waals surface area contributed by atoms with Gasteiger partial charge in [-0.05, 0) is 37.7 Å². The Bertz CT molecular complexity index is 548. The van der Waals surface area contributed by atoms with Gasteiger partial charge >= 0.3 is 5.97 Å². The van der Waals surface area contributed by atoms with Crippen LogP contribution in [0.25, 0.3) is 0 Å². The Hall–Kier alpha value is -1.46. The van der Waals surface area contributed by atoms with Crippen molar-refractivity contribution < 1.29 is 24.3 Å². The Kier molecular flexibility index (Phi) is 13.0. The fraction of sp³-hybridized carbons (Fsp3) is 0.765. The van der Waals surface area contributed by atoms with Crippen molar-refractivity contribution in [2.24, 2.45) is 11.7 Å². The van der Waals surface area contributed by atoms with Crippen molar-refractivity contribution >= 4 is 48.1 Å². The Morgan fingerprint density at radius 3 is 2.04 bits per heavy atom. The average Bonchev–Trinajstić information content (AvgIpc) is 2.61. The van der Waals surface area contributed by atoms with Crippen molar-refractivity contribution in [3.8, 4) is 0 Å². The molecule has 0 aliphatic rings. The van der Waals surface area contributed by atoms with Crippen LogP contribution in [0.2, 0.25) is 0 Å². The van der Waals surface area contributed by atoms with Crippen LogP contribution < -0.4 is 21.7 Å². The number of aliphatic carboxylic acids is 1. The Labute approximate surface area is 175 Å². The van der Waals surface area contributed by atoms with Crippen molar-refractivity contribution in [1.82, 2.24) is 16.0 Å². The first kappa shape index (κ1) is 26.5. The molecule has 11 heteroatoms. The first-order valence-corrected chi connectivity index (χ1v) is 11.0. The zero-order valence-electron chi connectivity index (χ0n) is 16.7. The van der Waals surface area contributed by atoms with Gasteiger partial charge in [-0.15, -0.1) is 0 Å². The second-order valence-corrected chi connectivity index (χ2v) is 8.24. The maximum atomic E-state index is 12.3. The van der Waals surface area contributed by atoms with Gasteiger partial charge in [0.15, 0.2) is 0 Å². The number of carbonyl (C=O) groups is 4. The largest absolute Gasteiger partial charge is 0.480 e. The molecule has 4 unspecified atom stereocenters. The van der Waals surface area contributed by atoms with Gasteiger partial charge in [-0.2, -0.15) is 24.4 Å². The van der Waals surface area contributed by atoms with E-state index in [9.17, 15) is 24.3 Å². The van der Waals surface area contributed by atoms with Gasteiger partial charge in [0.1, 0.15) is 18.1 Å². The third-order valence-electron chi connectivity index (χ3n) is 3.85. The Morgan fingerprint density at radius 1 is 1.00 bits per heavy atom. The van der Waals surface area contributed by atoms with Crippen LogP contribution >= 0.6 is 24.4 Å². The third kappa shape index (κ3) is 10.2. The van der Waals surface area contributed by atoms with E-state index in [0.29, 0.717) is 12.2 Å². The lowest BCUT2D eigenvalue weighted by molar-refractivity contribution is -0.142. The molecular weight excluding hydrogens is 404 g/mol. The molecule has 0 saturated heterocycles. The maximum absolute atomic E-state index is 12.3. The lowest BCUT2D eigenvalue weighted by Gasteiger charge is -2.23. The number of carboxylic acids is 1. The van der Waals surface area contributed by atoms with Crippen LogP contribution in [0.15, 0.2) is 0 Å². The third-order valence-corrected chi connectivity index (χ3v) is 4.86. The Morgan fingerprint density at radius 2 is 1.57 bits per heavy atom. The van der Waals surface area contributed by atoms with Gasteiger partial charge in [0, 0.05) is 5.75 Å². The van der Waals surface area contributed by atoms with Crippen molar-refractivity contribution in [3.63, 3.8) is 0 Å². The number of nitrogens with two attached hydrogens (primary N) is 1. The second-order valence-electron chi connectivity index (χ2n) is 6.89. The quantitative estimate of drug-likeness (QED) is 0.215. The molecule has 0 rings (SSSR count). The van der Waals surface area contributed by atoms with E-state index in [0.717, 1.165) is 0 Å². The molecule has 28 heavy (non-hydrogen) atoms. The van der Waals surface area contributed by atoms with Gasteiger partial charge in [-0.25, -0.2) is 4.79 Å². The van der Waals surface area contributed by atoms with Crippen LogP contribution in [0.5, 0.6) is 0 Å². The number of carboxylic acid groups (broad SMARTS) is 1. The van der Waals surface area contributed by atoms with Crippen LogP contribution in [0.4, 0.5) is 0 Å². The monoisotopic (exact) mass is 436 g/mol. The smallest absolute Gasteiger partial charge is 0.326 e. The highest BCUT2D eigenvalue weighted by atomic mass is 32.2. The molecule has 0 aromatic carbocycles. The first-order valence-electron chi connectivity index (χ1n) is 9.02. The molecule has 9 nitrogen and oxygen atoms in total. The van der Waals surface area contributed by atoms with E-state index in [1.807, 2.05) is 20.1 Å². The average molecular weight is 437 g/mol. The molecule has 3 amide bonds. The molecule has 0 spiro atoms. The first-order chi connectivity index (χ1) is 13.0. The van der Waals surface area contributed by atoms with Crippen molar-refractivity contribution in [2.75, 3.05) is 17.8 Å². The number of thioether (sulfide) groups is 1. The number of hydrogen-bond acceptors (Lipinski definition) is 7. The molecule has 0 saturated carbocycles. The summed E-state index contributed by atoms with van der Waals surface area (Å²) in [4.78, 5) is 47.9. The number of thiol groups is 1. The number of rotatable bonds is 13. The minimum absolute atomic E-state index is 0.0196. The van der Waals surface area contributed by atoms with E-state index in [4.69, 9.17) is 5.73 Å². The van der Waals surface area contributed by atoms with E-state index in [1.54, 1.807) is 0 Å². The normalized spacial score (nSPS) is 15.2. The Balaban J connectivity index is 4.75. The van der Waals surface area contributed by atoms with Crippen LogP contribution in [-0.4, -0.2) is 70.7 Å². The molecule has 4 atom stereocenters. The molecule has 0 fully saturated rings. The van der Waals surface area contributed by atoms with E-state index >= 15 is 0 Å². The topological polar surface area (TPSA) is 151 Å². The molecule has 6 N–H and O–H groups in total. The van der Waals surface area contributed by atoms with E-state index in [2.05, 4.69) is 28.6 Å². The predicted octanol–water partition coefficient (Wildman–Crippen LogP) is -0.398. The van der Waals surface area contributed by atoms with Gasteiger partial charge in [0.25, 0.3) is 0 Å². The molecule has 0 aliphatic carbocycles. The van der Waals surface area contributed by atoms with E-state index in [-0.39, 0.29) is 18.1 Å². The molecule has 0 radical (unpaired) electrons. The summed E-state index contributed by atoms with van der Waals surface area (Å²) in [7, 11) is 0. The molecule has 0 aliphatic heterocycles. The highest BCUT2D eigenvalue weighted by molar-refractivity contribution is 7.98. The molecule has 0 aromatic rings. The van der Waals surface area contributed by atoms with E-state index < -0.39 is 47.9 Å². The van der Waals surface area contributed by atoms with Crippen molar-refractivity contribution in [2.45, 2.75) is 57.8 Å². The zero-order chi connectivity index (χ0) is 21.9. The SMILES string of the molecule is CSCCC(NC(=O)C(C)NC(=O)C(CS)NC(=O)C(N)CC(C)C)C(=O)O. The molecular formula is C17H32N4O5S2. The summed E-state index contributed by atoms with van der Waals surface area (Å²) in [5, 5.41) is 16.6. The lowest BCUT2D eigenvalue weighted by Crippen LogP contribution is -2.57. The van der Waals surface area contributed by atoms with Crippen LogP contribution in [-0.2, 0) is 19.2 Å². The molecule has 0 bridgehead atoms. The summed E-state index contributed by atoms with van der Waals surface area (Å²) in [6, 6.07) is -3.72. The van der Waals surface area contributed by atoms with E-state index in [1.165, 1.54) is 18.7 Å². The van der Waals surface area contributed by atoms with Gasteiger partial charge in [-0.1, -0.05) is 13.8 Å². The number of hydrogen-bond donors (Lipinski definition) is 6. The zero-order valence-corrected chi connectivity index (χ0v) is 18.4. The van der Waals surface area contributed by atoms with Gasteiger partial charge < -0.3 is 26.8 Å².